The molecule has 4 aromatic carbocycles. The Hall–Kier alpha value is -5.10. The van der Waals surface area contributed by atoms with Gasteiger partial charge in [0.15, 0.2) is 23.1 Å². The molecule has 0 aliphatic rings. The van der Waals surface area contributed by atoms with Crippen molar-refractivity contribution in [1.29, 1.82) is 0 Å². The molecule has 262 valence electrons. The number of aromatic nitrogens is 2. The van der Waals surface area contributed by atoms with Gasteiger partial charge in [-0.05, 0) is 80.1 Å². The van der Waals surface area contributed by atoms with E-state index in [1.54, 1.807) is 36.4 Å². The third-order valence-corrected chi connectivity index (χ3v) is 8.02. The Kier molecular flexibility index (Phi) is 12.3. The number of nitrogens with one attached hydrogen (secondary N) is 1. The Balaban J connectivity index is 1.52. The molecule has 50 heavy (non-hydrogen) atoms. The maximum absolute atomic E-state index is 15.3. The maximum Gasteiger partial charge on any atom is 0.251 e. The van der Waals surface area contributed by atoms with E-state index in [1.807, 2.05) is 42.7 Å². The third-order valence-electron chi connectivity index (χ3n) is 8.02. The van der Waals surface area contributed by atoms with Crippen molar-refractivity contribution in [2.45, 2.75) is 20.4 Å². The van der Waals surface area contributed by atoms with Crippen LogP contribution in [-0.2, 0) is 16.0 Å². The van der Waals surface area contributed by atoms with E-state index in [-0.39, 0.29) is 17.4 Å². The van der Waals surface area contributed by atoms with Gasteiger partial charge in [0.05, 0.1) is 52.0 Å². The summed E-state index contributed by atoms with van der Waals surface area (Å²) < 4.78 is 53.5. The highest BCUT2D eigenvalue weighted by Crippen LogP contribution is 2.39. The van der Waals surface area contributed by atoms with Crippen molar-refractivity contribution < 1.29 is 32.5 Å². The first-order valence-corrected chi connectivity index (χ1v) is 16.3. The molecule has 0 fully saturated rings. The van der Waals surface area contributed by atoms with Gasteiger partial charge in [-0.3, -0.25) is 4.79 Å². The topological polar surface area (TPSA) is 110 Å². The Labute approximate surface area is 291 Å². The Bertz CT molecular complexity index is 1910. The van der Waals surface area contributed by atoms with Gasteiger partial charge in [0.25, 0.3) is 5.91 Å². The number of carbonyl (C=O) groups excluding carboxylic acids is 1. The summed E-state index contributed by atoms with van der Waals surface area (Å²) in [4.78, 5) is 17.9. The predicted octanol–water partition coefficient (Wildman–Crippen LogP) is 6.57. The van der Waals surface area contributed by atoms with E-state index in [4.69, 9.17) is 29.7 Å². The van der Waals surface area contributed by atoms with Crippen LogP contribution in [0, 0.1) is 25.5 Å². The fraction of sp³-hybridized carbons (Fsp3) is 0.282. The summed E-state index contributed by atoms with van der Waals surface area (Å²) in [5, 5.41) is 2.87. The zero-order valence-corrected chi connectivity index (χ0v) is 28.7. The van der Waals surface area contributed by atoms with Gasteiger partial charge in [0, 0.05) is 41.9 Å². The number of methoxy groups -OCH3 is 2. The number of benzene rings is 4. The molecular weight excluding hydrogens is 642 g/mol. The minimum absolute atomic E-state index is 0.100. The van der Waals surface area contributed by atoms with Gasteiger partial charge in [-0.25, -0.2) is 13.8 Å². The van der Waals surface area contributed by atoms with Crippen molar-refractivity contribution in [2.24, 2.45) is 5.73 Å². The van der Waals surface area contributed by atoms with Crippen LogP contribution in [0.4, 0.5) is 8.78 Å². The number of amides is 1. The molecule has 11 heteroatoms. The van der Waals surface area contributed by atoms with Crippen LogP contribution in [0.3, 0.4) is 0 Å². The van der Waals surface area contributed by atoms with Gasteiger partial charge < -0.3 is 34.6 Å². The molecule has 0 radical (unpaired) electrons. The molecule has 0 unspecified atom stereocenters. The van der Waals surface area contributed by atoms with Crippen LogP contribution in [0.1, 0.15) is 27.0 Å². The van der Waals surface area contributed by atoms with Gasteiger partial charge in [0.2, 0.25) is 0 Å². The van der Waals surface area contributed by atoms with Crippen molar-refractivity contribution in [2.75, 3.05) is 53.7 Å². The number of rotatable bonds is 16. The number of carbonyl (C=O) groups is 1. The molecule has 0 aliphatic carbocycles. The number of hydrogen-bond acceptors (Lipinski definition) is 7. The summed E-state index contributed by atoms with van der Waals surface area (Å²) in [5.41, 5.74) is 11.8. The molecule has 1 aromatic heterocycles. The zero-order valence-electron chi connectivity index (χ0n) is 28.7. The average molecular weight is 685 g/mol. The predicted molar refractivity (Wildman–Crippen MR) is 190 cm³/mol. The number of nitrogens with zero attached hydrogens (tertiary/aromatic N) is 2. The number of hydrogen-bond donors (Lipinski definition) is 2. The fourth-order valence-electron chi connectivity index (χ4n) is 5.74. The summed E-state index contributed by atoms with van der Waals surface area (Å²) in [6, 6.07) is 22.8. The molecule has 0 aliphatic heterocycles. The van der Waals surface area contributed by atoms with Crippen LogP contribution >= 0.6 is 0 Å². The molecule has 0 spiro atoms. The van der Waals surface area contributed by atoms with Gasteiger partial charge in [-0.2, -0.15) is 0 Å². The second kappa shape index (κ2) is 17.0. The second-order valence-corrected chi connectivity index (χ2v) is 11.8. The molecule has 1 heterocycles. The number of imidazole rings is 1. The van der Waals surface area contributed by atoms with Crippen LogP contribution in [0.25, 0.3) is 33.9 Å². The fourth-order valence-corrected chi connectivity index (χ4v) is 5.74. The minimum atomic E-state index is -0.545. The first-order valence-electron chi connectivity index (χ1n) is 16.3. The van der Waals surface area contributed by atoms with Crippen molar-refractivity contribution in [1.82, 2.24) is 14.9 Å². The Morgan fingerprint density at radius 3 is 1.96 bits per heavy atom. The summed E-state index contributed by atoms with van der Waals surface area (Å²) in [5.74, 6) is -0.497. The normalized spacial score (nSPS) is 11.1. The number of nitrogens with two attached hydrogens (primary N) is 1. The molecular formula is C39H42F2N4O5. The number of ether oxygens (including phenoxy) is 4. The molecule has 3 N–H and O–H groups in total. The molecule has 0 saturated heterocycles. The highest BCUT2D eigenvalue weighted by Gasteiger charge is 2.24. The van der Waals surface area contributed by atoms with Crippen molar-refractivity contribution in [3.63, 3.8) is 0 Å². The van der Waals surface area contributed by atoms with Gasteiger partial charge in [-0.1, -0.05) is 29.3 Å². The highest BCUT2D eigenvalue weighted by molar-refractivity contribution is 5.94. The third kappa shape index (κ3) is 8.73. The smallest absolute Gasteiger partial charge is 0.251 e. The second-order valence-electron chi connectivity index (χ2n) is 11.8. The summed E-state index contributed by atoms with van der Waals surface area (Å²) in [6.45, 7) is 6.85. The lowest BCUT2D eigenvalue weighted by Crippen LogP contribution is -2.27. The molecule has 0 atom stereocenters. The van der Waals surface area contributed by atoms with Crippen LogP contribution in [0.2, 0.25) is 0 Å². The van der Waals surface area contributed by atoms with Crippen molar-refractivity contribution in [3.05, 3.63) is 113 Å². The van der Waals surface area contributed by atoms with Crippen LogP contribution in [-0.4, -0.2) is 69.2 Å². The first-order chi connectivity index (χ1) is 24.2. The standard InChI is InChI=1S/C39H42F2N4O5/c1-25-19-26(2)21-31(20-25)38-44-36(29-9-11-34(47-3)32(40)22-29)37(30-10-12-35(48-4)33(41)23-30)45(38)24-27-5-7-28(8-6-27)39(46)43-14-16-50-18-17-49-15-13-42/h5-12,19-23H,13-18,24,42H2,1-4H3,(H,43,46). The van der Waals surface area contributed by atoms with E-state index >= 15 is 8.78 Å². The molecule has 5 rings (SSSR count). The van der Waals surface area contributed by atoms with E-state index in [9.17, 15) is 4.79 Å². The zero-order chi connectivity index (χ0) is 35.6. The van der Waals surface area contributed by atoms with E-state index in [1.165, 1.54) is 26.4 Å². The van der Waals surface area contributed by atoms with Gasteiger partial charge >= 0.3 is 0 Å². The lowest BCUT2D eigenvalue weighted by Gasteiger charge is -2.15. The van der Waals surface area contributed by atoms with E-state index in [0.29, 0.717) is 80.0 Å². The van der Waals surface area contributed by atoms with E-state index in [0.717, 1.165) is 22.3 Å². The number of halogens is 2. The van der Waals surface area contributed by atoms with Crippen LogP contribution in [0.15, 0.2) is 78.9 Å². The van der Waals surface area contributed by atoms with Gasteiger partial charge in [-0.15, -0.1) is 0 Å². The summed E-state index contributed by atoms with van der Waals surface area (Å²) in [7, 11) is 2.81. The summed E-state index contributed by atoms with van der Waals surface area (Å²) in [6.07, 6.45) is 0. The highest BCUT2D eigenvalue weighted by atomic mass is 19.1. The van der Waals surface area contributed by atoms with Gasteiger partial charge in [0.1, 0.15) is 5.82 Å². The Morgan fingerprint density at radius 2 is 1.36 bits per heavy atom. The number of aryl methyl sites for hydroxylation is 2. The minimum Gasteiger partial charge on any atom is -0.494 e. The van der Waals surface area contributed by atoms with Crippen molar-refractivity contribution in [3.8, 4) is 45.4 Å². The molecule has 9 nitrogen and oxygen atoms in total. The van der Waals surface area contributed by atoms with Crippen LogP contribution < -0.4 is 20.5 Å². The average Bonchev–Trinajstić information content (AvgIpc) is 3.48. The molecule has 0 bridgehead atoms. The maximum atomic E-state index is 15.3. The monoisotopic (exact) mass is 684 g/mol. The van der Waals surface area contributed by atoms with Crippen LogP contribution in [0.5, 0.6) is 11.5 Å². The first kappa shape index (κ1) is 36.2. The summed E-state index contributed by atoms with van der Waals surface area (Å²) >= 11 is 0. The Morgan fingerprint density at radius 1 is 0.760 bits per heavy atom. The van der Waals surface area contributed by atoms with E-state index in [2.05, 4.69) is 11.4 Å². The quantitative estimate of drug-likeness (QED) is 0.113. The lowest BCUT2D eigenvalue weighted by atomic mass is 10.0. The lowest BCUT2D eigenvalue weighted by molar-refractivity contribution is 0.0511. The molecule has 0 saturated carbocycles. The SMILES string of the molecule is COc1ccc(-c2nc(-c3cc(C)cc(C)c3)n(Cc3ccc(C(=O)NCCOCCOCCN)cc3)c2-c2ccc(OC)c(F)c2)cc1F. The largest absolute Gasteiger partial charge is 0.494 e. The molecule has 1 amide bonds. The van der Waals surface area contributed by atoms with Crippen molar-refractivity contribution >= 4 is 5.91 Å². The van der Waals surface area contributed by atoms with E-state index < -0.39 is 11.6 Å². The molecule has 5 aromatic rings.